The van der Waals surface area contributed by atoms with Gasteiger partial charge in [-0.1, -0.05) is 17.3 Å². The maximum absolute atomic E-state index is 5.40. The fourth-order valence-electron chi connectivity index (χ4n) is 3.18. The summed E-state index contributed by atoms with van der Waals surface area (Å²) >= 11 is 0. The first kappa shape index (κ1) is 14.9. The number of hydrogen-bond acceptors (Lipinski definition) is 5. The highest BCUT2D eigenvalue weighted by Crippen LogP contribution is 2.29. The molecule has 1 aromatic carbocycles. The van der Waals surface area contributed by atoms with E-state index in [4.69, 9.17) is 4.52 Å². The first-order valence-electron chi connectivity index (χ1n) is 8.45. The van der Waals surface area contributed by atoms with Gasteiger partial charge < -0.3 is 14.4 Å². The van der Waals surface area contributed by atoms with Gasteiger partial charge in [-0.3, -0.25) is 0 Å². The molecule has 2 aromatic heterocycles. The molecule has 124 valence electrons. The molecule has 4 rings (SSSR count). The largest absolute Gasteiger partial charge is 0.371 e. The molecule has 1 saturated heterocycles. The maximum atomic E-state index is 5.40. The van der Waals surface area contributed by atoms with Crippen molar-refractivity contribution in [1.29, 1.82) is 0 Å². The van der Waals surface area contributed by atoms with Crippen LogP contribution >= 0.6 is 0 Å². The van der Waals surface area contributed by atoms with E-state index >= 15 is 0 Å². The van der Waals surface area contributed by atoms with Crippen molar-refractivity contribution in [1.82, 2.24) is 20.1 Å². The van der Waals surface area contributed by atoms with Crippen LogP contribution in [0.4, 0.5) is 5.69 Å². The molecular weight excluding hydrogens is 302 g/mol. The molecular formula is C18H21N5O. The van der Waals surface area contributed by atoms with Gasteiger partial charge in [0.25, 0.3) is 0 Å². The summed E-state index contributed by atoms with van der Waals surface area (Å²) in [4.78, 5) is 14.1. The van der Waals surface area contributed by atoms with Gasteiger partial charge in [0.05, 0.1) is 6.33 Å². The van der Waals surface area contributed by atoms with Gasteiger partial charge >= 0.3 is 0 Å². The van der Waals surface area contributed by atoms with Crippen LogP contribution in [0.3, 0.4) is 0 Å². The lowest BCUT2D eigenvalue weighted by Crippen LogP contribution is -2.18. The average Bonchev–Trinajstić information content (AvgIpc) is 3.35. The molecule has 3 aromatic rings. The van der Waals surface area contributed by atoms with Crippen LogP contribution < -0.4 is 4.90 Å². The average molecular weight is 323 g/mol. The highest BCUT2D eigenvalue weighted by Gasteiger charge is 2.16. The third-order valence-corrected chi connectivity index (χ3v) is 4.55. The molecule has 0 atom stereocenters. The van der Waals surface area contributed by atoms with E-state index < -0.39 is 0 Å². The molecule has 0 aliphatic carbocycles. The van der Waals surface area contributed by atoms with Crippen LogP contribution in [0.1, 0.15) is 30.0 Å². The standard InChI is InChI=1S/C18H21N5O/c1-13-4-5-14(10-16(13)23-8-2-3-9-23)18-21-17(24-22-18)7-6-15-11-19-12-20-15/h4-5,10-12H,2-3,6-9H2,1H3,(H,19,20). The molecule has 0 radical (unpaired) electrons. The van der Waals surface area contributed by atoms with Crippen molar-refractivity contribution in [3.05, 3.63) is 47.9 Å². The number of anilines is 1. The first-order valence-corrected chi connectivity index (χ1v) is 8.45. The molecule has 1 aliphatic heterocycles. The van der Waals surface area contributed by atoms with Crippen molar-refractivity contribution in [3.8, 4) is 11.4 Å². The van der Waals surface area contributed by atoms with Crippen molar-refractivity contribution < 1.29 is 4.52 Å². The molecule has 0 spiro atoms. The molecule has 1 N–H and O–H groups in total. The highest BCUT2D eigenvalue weighted by atomic mass is 16.5. The molecule has 0 unspecified atom stereocenters. The Bertz CT molecular complexity index is 803. The molecule has 0 amide bonds. The third-order valence-electron chi connectivity index (χ3n) is 4.55. The normalized spacial score (nSPS) is 14.5. The number of imidazole rings is 1. The molecule has 0 saturated carbocycles. The Morgan fingerprint density at radius 3 is 2.88 bits per heavy atom. The van der Waals surface area contributed by atoms with Gasteiger partial charge in [-0.25, -0.2) is 4.98 Å². The van der Waals surface area contributed by atoms with Gasteiger partial charge in [0.1, 0.15) is 0 Å². The second-order valence-electron chi connectivity index (χ2n) is 6.28. The Kier molecular flexibility index (Phi) is 4.02. The predicted octanol–water partition coefficient (Wildman–Crippen LogP) is 3.15. The minimum Gasteiger partial charge on any atom is -0.371 e. The number of hydrogen-bond donors (Lipinski definition) is 1. The van der Waals surface area contributed by atoms with Gasteiger partial charge in [0.2, 0.25) is 11.7 Å². The van der Waals surface area contributed by atoms with E-state index in [2.05, 4.69) is 50.1 Å². The Balaban J connectivity index is 1.52. The van der Waals surface area contributed by atoms with Gasteiger partial charge in [0, 0.05) is 42.7 Å². The Morgan fingerprint density at radius 1 is 1.21 bits per heavy atom. The minimum absolute atomic E-state index is 0.655. The van der Waals surface area contributed by atoms with Gasteiger partial charge in [0.15, 0.2) is 0 Å². The van der Waals surface area contributed by atoms with Crippen LogP contribution in [0.25, 0.3) is 11.4 Å². The maximum Gasteiger partial charge on any atom is 0.227 e. The smallest absolute Gasteiger partial charge is 0.227 e. The number of nitrogens with one attached hydrogen (secondary N) is 1. The van der Waals surface area contributed by atoms with Gasteiger partial charge in [-0.05, 0) is 37.8 Å². The van der Waals surface area contributed by atoms with E-state index in [0.29, 0.717) is 18.1 Å². The zero-order valence-corrected chi connectivity index (χ0v) is 13.8. The van der Waals surface area contributed by atoms with Gasteiger partial charge in [-0.2, -0.15) is 4.98 Å². The van der Waals surface area contributed by atoms with E-state index in [0.717, 1.165) is 30.8 Å². The summed E-state index contributed by atoms with van der Waals surface area (Å²) in [7, 11) is 0. The van der Waals surface area contributed by atoms with Gasteiger partial charge in [-0.15, -0.1) is 0 Å². The SMILES string of the molecule is Cc1ccc(-c2noc(CCc3cnc[nH]3)n2)cc1N1CCCC1. The fourth-order valence-corrected chi connectivity index (χ4v) is 3.18. The van der Waals surface area contributed by atoms with Crippen LogP contribution in [0, 0.1) is 6.92 Å². The molecule has 0 bridgehead atoms. The minimum atomic E-state index is 0.655. The number of aryl methyl sites for hydroxylation is 3. The molecule has 6 nitrogen and oxygen atoms in total. The zero-order valence-electron chi connectivity index (χ0n) is 13.8. The quantitative estimate of drug-likeness (QED) is 0.781. The molecule has 3 heterocycles. The summed E-state index contributed by atoms with van der Waals surface area (Å²) < 4.78 is 5.40. The van der Waals surface area contributed by atoms with Crippen molar-refractivity contribution in [3.63, 3.8) is 0 Å². The summed E-state index contributed by atoms with van der Waals surface area (Å²) in [5.41, 5.74) is 4.66. The zero-order chi connectivity index (χ0) is 16.4. The number of benzene rings is 1. The number of H-pyrrole nitrogens is 1. The van der Waals surface area contributed by atoms with Crippen LogP contribution in [0.5, 0.6) is 0 Å². The van der Waals surface area contributed by atoms with Crippen LogP contribution in [0.2, 0.25) is 0 Å². The monoisotopic (exact) mass is 323 g/mol. The van der Waals surface area contributed by atoms with Crippen LogP contribution in [-0.4, -0.2) is 33.2 Å². The van der Waals surface area contributed by atoms with Crippen molar-refractivity contribution in [2.24, 2.45) is 0 Å². The summed E-state index contributed by atoms with van der Waals surface area (Å²) in [5, 5.41) is 4.15. The number of aromatic nitrogens is 4. The second kappa shape index (κ2) is 6.47. The van der Waals surface area contributed by atoms with E-state index in [-0.39, 0.29) is 0 Å². The fraction of sp³-hybridized carbons (Fsp3) is 0.389. The molecule has 1 aliphatic rings. The van der Waals surface area contributed by atoms with E-state index in [9.17, 15) is 0 Å². The third kappa shape index (κ3) is 3.04. The van der Waals surface area contributed by atoms with E-state index in [1.807, 2.05) is 6.20 Å². The van der Waals surface area contributed by atoms with Crippen molar-refractivity contribution in [2.45, 2.75) is 32.6 Å². The topological polar surface area (TPSA) is 70.8 Å². The number of aromatic amines is 1. The van der Waals surface area contributed by atoms with Crippen LogP contribution in [-0.2, 0) is 12.8 Å². The van der Waals surface area contributed by atoms with E-state index in [1.165, 1.54) is 24.1 Å². The Labute approximate surface area is 140 Å². The lowest BCUT2D eigenvalue weighted by atomic mass is 10.1. The summed E-state index contributed by atoms with van der Waals surface area (Å²) in [6, 6.07) is 6.40. The highest BCUT2D eigenvalue weighted by molar-refractivity contribution is 5.66. The second-order valence-corrected chi connectivity index (χ2v) is 6.28. The summed E-state index contributed by atoms with van der Waals surface area (Å²) in [5.74, 6) is 1.32. The summed E-state index contributed by atoms with van der Waals surface area (Å²) in [6.07, 6.45) is 7.56. The van der Waals surface area contributed by atoms with Crippen molar-refractivity contribution in [2.75, 3.05) is 18.0 Å². The lowest BCUT2D eigenvalue weighted by molar-refractivity contribution is 0.378. The predicted molar refractivity (Wildman–Crippen MR) is 91.9 cm³/mol. The van der Waals surface area contributed by atoms with E-state index in [1.54, 1.807) is 6.33 Å². The molecule has 1 fully saturated rings. The first-order chi connectivity index (χ1) is 11.8. The number of rotatable bonds is 5. The Hall–Kier alpha value is -2.63. The lowest BCUT2D eigenvalue weighted by Gasteiger charge is -2.20. The molecule has 24 heavy (non-hydrogen) atoms. The number of nitrogens with zero attached hydrogens (tertiary/aromatic N) is 4. The van der Waals surface area contributed by atoms with Crippen molar-refractivity contribution >= 4 is 5.69 Å². The Morgan fingerprint density at radius 2 is 2.08 bits per heavy atom. The summed E-state index contributed by atoms with van der Waals surface area (Å²) in [6.45, 7) is 4.42. The molecule has 6 heteroatoms. The van der Waals surface area contributed by atoms with Crippen LogP contribution in [0.15, 0.2) is 35.2 Å².